The first-order chi connectivity index (χ1) is 12.3. The predicted octanol–water partition coefficient (Wildman–Crippen LogP) is 5.13. The molecule has 0 radical (unpaired) electrons. The summed E-state index contributed by atoms with van der Waals surface area (Å²) in [6.07, 6.45) is 2.04. The van der Waals surface area contributed by atoms with E-state index in [-0.39, 0.29) is 5.69 Å². The second-order valence-electron chi connectivity index (χ2n) is 7.20. The summed E-state index contributed by atoms with van der Waals surface area (Å²) >= 11 is 0. The molecule has 0 atom stereocenters. The van der Waals surface area contributed by atoms with Gasteiger partial charge in [0, 0.05) is 16.9 Å². The smallest absolute Gasteiger partial charge is 0.323 e. The third kappa shape index (κ3) is 3.14. The molecule has 0 saturated heterocycles. The quantitative estimate of drug-likeness (QED) is 0.596. The number of hydrogen-bond acceptors (Lipinski definition) is 3. The van der Waals surface area contributed by atoms with Crippen molar-refractivity contribution in [2.75, 3.05) is 5.32 Å². The van der Waals surface area contributed by atoms with E-state index in [4.69, 9.17) is 4.98 Å². The third-order valence-corrected chi connectivity index (χ3v) is 5.22. The molecule has 0 fully saturated rings. The van der Waals surface area contributed by atoms with Crippen LogP contribution >= 0.6 is 0 Å². The maximum absolute atomic E-state index is 12.1. The minimum absolute atomic E-state index is 0.194. The van der Waals surface area contributed by atoms with Crippen molar-refractivity contribution >= 4 is 22.5 Å². The second-order valence-corrected chi connectivity index (χ2v) is 7.20. The topological polar surface area (TPSA) is 73.6 Å². The van der Waals surface area contributed by atoms with Crippen LogP contribution in [-0.2, 0) is 0 Å². The Hall–Kier alpha value is -2.56. The molecule has 0 amide bonds. The first-order valence-corrected chi connectivity index (χ1v) is 9.33. The monoisotopic (exact) mass is 352 g/mol. The lowest BCUT2D eigenvalue weighted by Gasteiger charge is -2.19. The molecule has 5 heteroatoms. The number of aryl methyl sites for hydroxylation is 4. The summed E-state index contributed by atoms with van der Waals surface area (Å²) in [6, 6.07) is 4.30. The number of anilines is 2. The number of pyridine rings is 1. The van der Waals surface area contributed by atoms with E-state index in [9.17, 15) is 4.79 Å². The highest BCUT2D eigenvalue weighted by atomic mass is 16.1. The number of H-pyrrole nitrogens is 2. The van der Waals surface area contributed by atoms with Crippen LogP contribution in [0.1, 0.15) is 60.6 Å². The molecular weight excluding hydrogens is 324 g/mol. The van der Waals surface area contributed by atoms with Crippen LogP contribution in [0.5, 0.6) is 0 Å². The van der Waals surface area contributed by atoms with Crippen molar-refractivity contribution < 1.29 is 0 Å². The molecule has 0 aliphatic carbocycles. The highest BCUT2D eigenvalue weighted by Crippen LogP contribution is 2.34. The number of nitrogens with one attached hydrogen (secondary N) is 3. The molecule has 3 N–H and O–H groups in total. The van der Waals surface area contributed by atoms with E-state index in [1.54, 1.807) is 0 Å². The van der Waals surface area contributed by atoms with Gasteiger partial charge in [-0.25, -0.2) is 9.78 Å². The third-order valence-electron chi connectivity index (χ3n) is 5.22. The molecule has 3 aromatic rings. The maximum atomic E-state index is 12.1. The molecule has 26 heavy (non-hydrogen) atoms. The van der Waals surface area contributed by atoms with E-state index in [1.807, 2.05) is 6.92 Å². The summed E-state index contributed by atoms with van der Waals surface area (Å²) in [5.41, 5.74) is 8.15. The van der Waals surface area contributed by atoms with Gasteiger partial charge in [0.05, 0.1) is 5.52 Å². The number of rotatable bonds is 5. The van der Waals surface area contributed by atoms with Crippen molar-refractivity contribution in [2.24, 2.45) is 0 Å². The summed E-state index contributed by atoms with van der Waals surface area (Å²) in [4.78, 5) is 22.8. The Morgan fingerprint density at radius 1 is 1.00 bits per heavy atom. The Kier molecular flexibility index (Phi) is 4.90. The Labute approximate surface area is 154 Å². The van der Waals surface area contributed by atoms with E-state index in [0.717, 1.165) is 51.9 Å². The zero-order valence-corrected chi connectivity index (χ0v) is 16.5. The molecule has 0 bridgehead atoms. The number of nitrogens with zero attached hydrogens (tertiary/aromatic N) is 1. The number of imidazole rings is 1. The van der Waals surface area contributed by atoms with Crippen LogP contribution in [0.3, 0.4) is 0 Å². The Morgan fingerprint density at radius 3 is 2.15 bits per heavy atom. The first kappa shape index (κ1) is 18.2. The van der Waals surface area contributed by atoms with Gasteiger partial charge < -0.3 is 15.3 Å². The van der Waals surface area contributed by atoms with Crippen molar-refractivity contribution in [3.63, 3.8) is 0 Å². The molecule has 0 saturated carbocycles. The molecule has 3 rings (SSSR count). The van der Waals surface area contributed by atoms with Gasteiger partial charge in [-0.2, -0.15) is 0 Å². The normalized spacial score (nSPS) is 11.5. The van der Waals surface area contributed by atoms with Crippen molar-refractivity contribution in [3.8, 4) is 0 Å². The SMILES string of the molecule is CCC(CC)c1c(C)nc(Nc2c(C)cc(C)cc2C)c2[nH]c(=O)[nH]c12. The predicted molar refractivity (Wildman–Crippen MR) is 109 cm³/mol. The van der Waals surface area contributed by atoms with Gasteiger partial charge in [-0.3, -0.25) is 0 Å². The lowest BCUT2D eigenvalue weighted by molar-refractivity contribution is 0.639. The van der Waals surface area contributed by atoms with Crippen LogP contribution in [0.25, 0.3) is 11.0 Å². The Bertz CT molecular complexity index is 986. The first-order valence-electron chi connectivity index (χ1n) is 9.33. The van der Waals surface area contributed by atoms with Crippen LogP contribution in [-0.4, -0.2) is 15.0 Å². The van der Waals surface area contributed by atoms with Crippen LogP contribution in [0.15, 0.2) is 16.9 Å². The molecule has 0 aliphatic heterocycles. The van der Waals surface area contributed by atoms with Gasteiger partial charge >= 0.3 is 5.69 Å². The van der Waals surface area contributed by atoms with Gasteiger partial charge in [0.15, 0.2) is 5.82 Å². The number of fused-ring (bicyclic) bond motifs is 1. The minimum atomic E-state index is -0.194. The van der Waals surface area contributed by atoms with Crippen LogP contribution in [0.4, 0.5) is 11.5 Å². The zero-order chi connectivity index (χ0) is 19.0. The largest absolute Gasteiger partial charge is 0.338 e. The van der Waals surface area contributed by atoms with Crippen LogP contribution in [0, 0.1) is 27.7 Å². The number of hydrogen-bond donors (Lipinski definition) is 3. The van der Waals surface area contributed by atoms with Gasteiger partial charge in [0.25, 0.3) is 0 Å². The fourth-order valence-corrected chi connectivity index (χ4v) is 4.01. The van der Waals surface area contributed by atoms with Crippen molar-refractivity contribution in [1.29, 1.82) is 0 Å². The van der Waals surface area contributed by atoms with Gasteiger partial charge in [-0.1, -0.05) is 31.5 Å². The fraction of sp³-hybridized carbons (Fsp3) is 0.429. The van der Waals surface area contributed by atoms with E-state index in [1.165, 1.54) is 5.56 Å². The summed E-state index contributed by atoms with van der Waals surface area (Å²) in [5.74, 6) is 1.08. The average molecular weight is 352 g/mol. The number of aromatic amines is 2. The van der Waals surface area contributed by atoms with Gasteiger partial charge in [0.1, 0.15) is 5.52 Å². The van der Waals surface area contributed by atoms with Gasteiger partial charge in [0.2, 0.25) is 0 Å². The van der Waals surface area contributed by atoms with Crippen molar-refractivity contribution in [1.82, 2.24) is 15.0 Å². The highest BCUT2D eigenvalue weighted by molar-refractivity contribution is 5.91. The maximum Gasteiger partial charge on any atom is 0.323 e. The second kappa shape index (κ2) is 6.98. The number of benzene rings is 1. The molecule has 0 spiro atoms. The number of aromatic nitrogens is 3. The van der Waals surface area contributed by atoms with Crippen LogP contribution < -0.4 is 11.0 Å². The summed E-state index contributed by atoms with van der Waals surface area (Å²) in [7, 11) is 0. The van der Waals surface area contributed by atoms with Crippen molar-refractivity contribution in [3.05, 3.63) is 50.6 Å². The molecule has 1 aromatic carbocycles. The van der Waals surface area contributed by atoms with E-state index >= 15 is 0 Å². The molecule has 0 aliphatic rings. The standard InChI is InChI=1S/C21H28N4O/c1-7-15(8-2)16-14(6)22-20(19-18(16)24-21(26)25-19)23-17-12(4)9-11(3)10-13(17)5/h9-10,15H,7-8H2,1-6H3,(H,22,23)(H2,24,25,26). The molecule has 2 heterocycles. The van der Waals surface area contributed by atoms with E-state index in [2.05, 4.69) is 62.0 Å². The summed E-state index contributed by atoms with van der Waals surface area (Å²) in [5, 5.41) is 3.47. The van der Waals surface area contributed by atoms with Gasteiger partial charge in [-0.15, -0.1) is 0 Å². The van der Waals surface area contributed by atoms with Gasteiger partial charge in [-0.05, 0) is 57.6 Å². The van der Waals surface area contributed by atoms with E-state index in [0.29, 0.717) is 11.7 Å². The summed E-state index contributed by atoms with van der Waals surface area (Å²) < 4.78 is 0. The highest BCUT2D eigenvalue weighted by Gasteiger charge is 2.20. The molecular formula is C21H28N4O. The van der Waals surface area contributed by atoms with E-state index < -0.39 is 0 Å². The molecule has 2 aromatic heterocycles. The Balaban J connectivity index is 2.20. The molecule has 5 nitrogen and oxygen atoms in total. The lowest BCUT2D eigenvalue weighted by Crippen LogP contribution is -2.06. The summed E-state index contributed by atoms with van der Waals surface area (Å²) in [6.45, 7) is 12.7. The minimum Gasteiger partial charge on any atom is -0.338 e. The van der Waals surface area contributed by atoms with Crippen molar-refractivity contribution in [2.45, 2.75) is 60.3 Å². The van der Waals surface area contributed by atoms with Crippen LogP contribution in [0.2, 0.25) is 0 Å². The molecule has 138 valence electrons. The fourth-order valence-electron chi connectivity index (χ4n) is 4.01. The Morgan fingerprint density at radius 2 is 1.58 bits per heavy atom. The molecule has 0 unspecified atom stereocenters. The lowest BCUT2D eigenvalue weighted by atomic mass is 9.91. The zero-order valence-electron chi connectivity index (χ0n) is 16.5. The average Bonchev–Trinajstić information content (AvgIpc) is 2.95.